The number of carbonyl (C=O) groups excluding carboxylic acids is 2. The maximum absolute atomic E-state index is 14.1. The highest BCUT2D eigenvalue weighted by Gasteiger charge is 2.29. The molecule has 1 aliphatic rings. The van der Waals surface area contributed by atoms with Crippen LogP contribution in [0.4, 0.5) is 10.2 Å². The molecule has 0 aliphatic carbocycles. The number of benzene rings is 1. The van der Waals surface area contributed by atoms with Crippen LogP contribution in [0.1, 0.15) is 51.5 Å². The fourth-order valence-electron chi connectivity index (χ4n) is 3.64. The summed E-state index contributed by atoms with van der Waals surface area (Å²) in [5.74, 6) is -0.513. The third kappa shape index (κ3) is 4.47. The fraction of sp³-hybridized carbons (Fsp3) is 0.333. The molecule has 4 rings (SSSR count). The number of hydrogen-bond donors (Lipinski definition) is 1. The summed E-state index contributed by atoms with van der Waals surface area (Å²) in [4.78, 5) is 31.4. The molecular weight excluding hydrogens is 441 g/mol. The Morgan fingerprint density at radius 1 is 1.29 bits per heavy atom. The van der Waals surface area contributed by atoms with Crippen molar-refractivity contribution in [1.29, 1.82) is 0 Å². The normalized spacial score (nSPS) is 14.6. The molecule has 1 fully saturated rings. The van der Waals surface area contributed by atoms with Crippen LogP contribution in [0, 0.1) is 5.82 Å². The molecule has 10 heteroatoms. The molecule has 2 aromatic heterocycles. The van der Waals surface area contributed by atoms with Gasteiger partial charge < -0.3 is 10.2 Å². The van der Waals surface area contributed by atoms with Crippen molar-refractivity contribution in [3.63, 3.8) is 0 Å². The number of piperidine rings is 1. The van der Waals surface area contributed by atoms with Gasteiger partial charge in [0.25, 0.3) is 11.8 Å². The summed E-state index contributed by atoms with van der Waals surface area (Å²) in [7, 11) is 0. The van der Waals surface area contributed by atoms with E-state index in [1.807, 2.05) is 6.92 Å². The average Bonchev–Trinajstić information content (AvgIpc) is 3.43. The molecule has 0 radical (unpaired) electrons. The molecule has 1 aliphatic heterocycles. The number of amides is 2. The van der Waals surface area contributed by atoms with Gasteiger partial charge in [-0.15, -0.1) is 11.3 Å². The first-order valence-electron chi connectivity index (χ1n) is 9.99. The van der Waals surface area contributed by atoms with Crippen molar-refractivity contribution < 1.29 is 14.0 Å². The standard InChI is InChI=1S/C21H21ClFN5O2S/c1-2-28-17(6-9-24-28)26-19(29)16-12-31-20(25-16)13-7-10-27(11-8-13)21(30)18-14(22)4-3-5-15(18)23/h3-6,9,12-13H,2,7-8,10-11H2,1H3,(H,26,29). The van der Waals surface area contributed by atoms with E-state index < -0.39 is 11.7 Å². The highest BCUT2D eigenvalue weighted by Crippen LogP contribution is 2.32. The van der Waals surface area contributed by atoms with E-state index in [9.17, 15) is 14.0 Å². The van der Waals surface area contributed by atoms with Crippen LogP contribution < -0.4 is 5.32 Å². The molecule has 0 unspecified atom stereocenters. The highest BCUT2D eigenvalue weighted by atomic mass is 35.5. The van der Waals surface area contributed by atoms with E-state index in [-0.39, 0.29) is 22.4 Å². The van der Waals surface area contributed by atoms with Gasteiger partial charge in [-0.25, -0.2) is 14.1 Å². The van der Waals surface area contributed by atoms with Crippen molar-refractivity contribution >= 4 is 40.6 Å². The van der Waals surface area contributed by atoms with Gasteiger partial charge in [0.1, 0.15) is 17.3 Å². The van der Waals surface area contributed by atoms with E-state index in [4.69, 9.17) is 11.6 Å². The summed E-state index contributed by atoms with van der Waals surface area (Å²) < 4.78 is 15.8. The lowest BCUT2D eigenvalue weighted by atomic mass is 9.97. The van der Waals surface area contributed by atoms with Gasteiger partial charge in [0, 0.05) is 37.0 Å². The van der Waals surface area contributed by atoms with Crippen molar-refractivity contribution in [1.82, 2.24) is 19.7 Å². The highest BCUT2D eigenvalue weighted by molar-refractivity contribution is 7.10. The predicted molar refractivity (Wildman–Crippen MR) is 117 cm³/mol. The molecule has 2 amide bonds. The van der Waals surface area contributed by atoms with Crippen molar-refractivity contribution in [3.05, 3.63) is 62.9 Å². The average molecular weight is 462 g/mol. The number of carbonyl (C=O) groups is 2. The molecule has 0 bridgehead atoms. The third-order valence-electron chi connectivity index (χ3n) is 5.32. The Balaban J connectivity index is 1.38. The number of anilines is 1. The summed E-state index contributed by atoms with van der Waals surface area (Å²) >= 11 is 7.47. The number of nitrogens with one attached hydrogen (secondary N) is 1. The monoisotopic (exact) mass is 461 g/mol. The van der Waals surface area contributed by atoms with Gasteiger partial charge >= 0.3 is 0 Å². The molecule has 3 heterocycles. The Labute approximate surface area is 187 Å². The molecule has 1 aromatic carbocycles. The number of likely N-dealkylation sites (tertiary alicyclic amines) is 1. The van der Waals surface area contributed by atoms with Crippen LogP contribution in [0.15, 0.2) is 35.8 Å². The van der Waals surface area contributed by atoms with Gasteiger partial charge in [0.2, 0.25) is 0 Å². The van der Waals surface area contributed by atoms with Gasteiger partial charge in [-0.05, 0) is 31.9 Å². The van der Waals surface area contributed by atoms with Crippen LogP contribution in [0.25, 0.3) is 0 Å². The number of nitrogens with zero attached hydrogens (tertiary/aromatic N) is 4. The second-order valence-electron chi connectivity index (χ2n) is 7.22. The molecular formula is C21H21ClFN5O2S. The minimum Gasteiger partial charge on any atom is -0.338 e. The Hall–Kier alpha value is -2.78. The summed E-state index contributed by atoms with van der Waals surface area (Å²) in [5, 5.41) is 9.69. The maximum atomic E-state index is 14.1. The lowest BCUT2D eigenvalue weighted by molar-refractivity contribution is 0.0708. The molecule has 7 nitrogen and oxygen atoms in total. The Morgan fingerprint density at radius 2 is 2.06 bits per heavy atom. The van der Waals surface area contributed by atoms with Crippen LogP contribution in [0.5, 0.6) is 0 Å². The van der Waals surface area contributed by atoms with Crippen LogP contribution in [0.3, 0.4) is 0 Å². The second kappa shape index (κ2) is 9.15. The summed E-state index contributed by atoms with van der Waals surface area (Å²) in [6.45, 7) is 3.55. The molecule has 31 heavy (non-hydrogen) atoms. The number of aryl methyl sites for hydroxylation is 1. The summed E-state index contributed by atoms with van der Waals surface area (Å²) in [5.41, 5.74) is 0.280. The topological polar surface area (TPSA) is 80.1 Å². The Kier molecular flexibility index (Phi) is 6.33. The molecule has 1 saturated heterocycles. The predicted octanol–water partition coefficient (Wildman–Crippen LogP) is 4.42. The first kappa shape index (κ1) is 21.5. The fourth-order valence-corrected chi connectivity index (χ4v) is 4.86. The molecule has 0 spiro atoms. The minimum atomic E-state index is -0.611. The zero-order valence-electron chi connectivity index (χ0n) is 16.8. The quantitative estimate of drug-likeness (QED) is 0.609. The van der Waals surface area contributed by atoms with E-state index in [0.717, 1.165) is 5.01 Å². The molecule has 3 aromatic rings. The SMILES string of the molecule is CCn1nccc1NC(=O)c1csc(C2CCN(C(=O)c3c(F)cccc3Cl)CC2)n1. The zero-order valence-corrected chi connectivity index (χ0v) is 18.4. The number of aromatic nitrogens is 3. The minimum absolute atomic E-state index is 0.0813. The van der Waals surface area contributed by atoms with E-state index in [2.05, 4.69) is 15.4 Å². The van der Waals surface area contributed by atoms with Crippen LogP contribution in [-0.2, 0) is 6.54 Å². The van der Waals surface area contributed by atoms with Gasteiger partial charge in [-0.3, -0.25) is 9.59 Å². The first-order valence-corrected chi connectivity index (χ1v) is 11.3. The van der Waals surface area contributed by atoms with Crippen LogP contribution >= 0.6 is 22.9 Å². The number of halogens is 2. The van der Waals surface area contributed by atoms with Crippen LogP contribution in [-0.4, -0.2) is 44.6 Å². The van der Waals surface area contributed by atoms with Crippen molar-refractivity contribution in [3.8, 4) is 0 Å². The van der Waals surface area contributed by atoms with Gasteiger partial charge in [-0.1, -0.05) is 17.7 Å². The second-order valence-corrected chi connectivity index (χ2v) is 8.52. The Morgan fingerprint density at radius 3 is 2.77 bits per heavy atom. The van der Waals surface area contributed by atoms with Gasteiger partial charge in [0.05, 0.1) is 21.8 Å². The van der Waals surface area contributed by atoms with E-state index >= 15 is 0 Å². The lowest BCUT2D eigenvalue weighted by Crippen LogP contribution is -2.38. The molecule has 1 N–H and O–H groups in total. The zero-order chi connectivity index (χ0) is 22.0. The Bertz CT molecular complexity index is 1090. The van der Waals surface area contributed by atoms with E-state index in [0.29, 0.717) is 44.0 Å². The molecule has 0 saturated carbocycles. The van der Waals surface area contributed by atoms with Gasteiger partial charge in [-0.2, -0.15) is 5.10 Å². The van der Waals surface area contributed by atoms with Crippen molar-refractivity contribution in [2.75, 3.05) is 18.4 Å². The third-order valence-corrected chi connectivity index (χ3v) is 6.64. The van der Waals surface area contributed by atoms with E-state index in [1.54, 1.807) is 27.2 Å². The molecule has 0 atom stereocenters. The smallest absolute Gasteiger partial charge is 0.276 e. The largest absolute Gasteiger partial charge is 0.338 e. The molecule has 162 valence electrons. The maximum Gasteiger partial charge on any atom is 0.276 e. The van der Waals surface area contributed by atoms with E-state index in [1.165, 1.54) is 29.5 Å². The summed E-state index contributed by atoms with van der Waals surface area (Å²) in [6, 6.07) is 5.97. The van der Waals surface area contributed by atoms with Crippen molar-refractivity contribution in [2.24, 2.45) is 0 Å². The summed E-state index contributed by atoms with van der Waals surface area (Å²) in [6.07, 6.45) is 3.01. The number of hydrogen-bond acceptors (Lipinski definition) is 5. The number of thiazole rings is 1. The van der Waals surface area contributed by atoms with Crippen molar-refractivity contribution in [2.45, 2.75) is 32.2 Å². The van der Waals surface area contributed by atoms with Crippen LogP contribution in [0.2, 0.25) is 5.02 Å². The van der Waals surface area contributed by atoms with Gasteiger partial charge in [0.15, 0.2) is 0 Å². The first-order chi connectivity index (χ1) is 15.0. The lowest BCUT2D eigenvalue weighted by Gasteiger charge is -2.31. The number of rotatable bonds is 5.